The highest BCUT2D eigenvalue weighted by Gasteiger charge is 2.29. The Balaban J connectivity index is 1.85. The Morgan fingerprint density at radius 1 is 1.31 bits per heavy atom. The predicted octanol–water partition coefficient (Wildman–Crippen LogP) is 2.55. The van der Waals surface area contributed by atoms with Crippen molar-refractivity contribution in [1.29, 1.82) is 0 Å². The van der Waals surface area contributed by atoms with E-state index < -0.39 is 10.8 Å². The van der Waals surface area contributed by atoms with Crippen LogP contribution in [0.2, 0.25) is 0 Å². The molecule has 0 saturated heterocycles. The van der Waals surface area contributed by atoms with E-state index in [9.17, 15) is 4.21 Å². The number of thiophene rings is 1. The van der Waals surface area contributed by atoms with Crippen molar-refractivity contribution < 1.29 is 8.95 Å². The zero-order valence-electron chi connectivity index (χ0n) is 14.3. The largest absolute Gasteiger partial charge is 0.396 e. The standard InChI is InChI=1S/C17H19N5O2S2/c1-24-4-5-26(23)16-14(18)13-11(9-2-3-9)6-12(22-15(13)25-16)10-7-20-17(19)21-8-10/h6-9H,2-5,18H2,1H3,(H2,19,20,21). The van der Waals surface area contributed by atoms with Crippen molar-refractivity contribution in [1.82, 2.24) is 15.0 Å². The fourth-order valence-corrected chi connectivity index (χ4v) is 5.46. The topological polar surface area (TPSA) is 117 Å². The van der Waals surface area contributed by atoms with Gasteiger partial charge >= 0.3 is 0 Å². The second-order valence-electron chi connectivity index (χ2n) is 6.23. The van der Waals surface area contributed by atoms with Gasteiger partial charge in [0.15, 0.2) is 0 Å². The smallest absolute Gasteiger partial charge is 0.219 e. The van der Waals surface area contributed by atoms with Crippen molar-refractivity contribution in [2.45, 2.75) is 23.0 Å². The molecule has 1 saturated carbocycles. The van der Waals surface area contributed by atoms with E-state index >= 15 is 0 Å². The molecule has 9 heteroatoms. The first-order valence-corrected chi connectivity index (χ1v) is 10.4. The lowest BCUT2D eigenvalue weighted by Gasteiger charge is -2.07. The first-order chi connectivity index (χ1) is 12.6. The quantitative estimate of drug-likeness (QED) is 0.665. The van der Waals surface area contributed by atoms with Gasteiger partial charge < -0.3 is 16.2 Å². The number of ether oxygens (including phenoxy) is 1. The van der Waals surface area contributed by atoms with Gasteiger partial charge in [-0.3, -0.25) is 4.21 Å². The predicted molar refractivity (Wildman–Crippen MR) is 105 cm³/mol. The van der Waals surface area contributed by atoms with Crippen molar-refractivity contribution in [2.24, 2.45) is 0 Å². The van der Waals surface area contributed by atoms with Gasteiger partial charge in [0.2, 0.25) is 5.95 Å². The van der Waals surface area contributed by atoms with Crippen LogP contribution in [-0.2, 0) is 15.5 Å². The van der Waals surface area contributed by atoms with E-state index in [1.165, 1.54) is 16.9 Å². The van der Waals surface area contributed by atoms with Crippen LogP contribution >= 0.6 is 11.3 Å². The van der Waals surface area contributed by atoms with Crippen LogP contribution in [0.1, 0.15) is 24.3 Å². The Morgan fingerprint density at radius 3 is 2.69 bits per heavy atom. The first kappa shape index (κ1) is 17.3. The average Bonchev–Trinajstić information content (AvgIpc) is 3.43. The van der Waals surface area contributed by atoms with Crippen molar-refractivity contribution in [3.8, 4) is 11.3 Å². The minimum absolute atomic E-state index is 0.230. The lowest BCUT2D eigenvalue weighted by molar-refractivity contribution is 0.218. The molecular formula is C17H19N5O2S2. The van der Waals surface area contributed by atoms with Gasteiger partial charge in [-0.2, -0.15) is 0 Å². The molecule has 0 bridgehead atoms. The van der Waals surface area contributed by atoms with E-state index in [2.05, 4.69) is 16.0 Å². The SMILES string of the molecule is COCCS(=O)c1sc2nc(-c3cnc(N)nc3)cc(C3CC3)c2c1N. The number of aromatic nitrogens is 3. The van der Waals surface area contributed by atoms with Gasteiger partial charge in [0, 0.05) is 30.5 Å². The highest BCUT2D eigenvalue weighted by Crippen LogP contribution is 2.48. The maximum Gasteiger partial charge on any atom is 0.219 e. The Morgan fingerprint density at radius 2 is 2.04 bits per heavy atom. The molecule has 0 spiro atoms. The number of nitrogens with two attached hydrogens (primary N) is 2. The van der Waals surface area contributed by atoms with Gasteiger partial charge in [-0.05, 0) is 30.4 Å². The van der Waals surface area contributed by atoms with E-state index in [0.717, 1.165) is 34.3 Å². The van der Waals surface area contributed by atoms with Gasteiger partial charge in [-0.25, -0.2) is 15.0 Å². The first-order valence-electron chi connectivity index (χ1n) is 8.26. The molecule has 4 N–H and O–H groups in total. The highest BCUT2D eigenvalue weighted by atomic mass is 32.2. The average molecular weight is 390 g/mol. The van der Waals surface area contributed by atoms with Crippen molar-refractivity contribution in [2.75, 3.05) is 30.9 Å². The summed E-state index contributed by atoms with van der Waals surface area (Å²) < 4.78 is 18.3. The number of hydrogen-bond donors (Lipinski definition) is 2. The second kappa shape index (κ2) is 6.90. The van der Waals surface area contributed by atoms with Crippen molar-refractivity contribution in [3.63, 3.8) is 0 Å². The summed E-state index contributed by atoms with van der Waals surface area (Å²) in [5.41, 5.74) is 15.3. The molecule has 0 aromatic carbocycles. The molecule has 26 heavy (non-hydrogen) atoms. The highest BCUT2D eigenvalue weighted by molar-refractivity contribution is 7.87. The van der Waals surface area contributed by atoms with Crippen LogP contribution < -0.4 is 11.5 Å². The normalized spacial score (nSPS) is 15.4. The molecule has 1 unspecified atom stereocenters. The summed E-state index contributed by atoms with van der Waals surface area (Å²) >= 11 is 1.40. The Hall–Kier alpha value is -2.10. The van der Waals surface area contributed by atoms with Crippen LogP contribution in [0.3, 0.4) is 0 Å². The summed E-state index contributed by atoms with van der Waals surface area (Å²) in [6, 6.07) is 2.06. The van der Waals surface area contributed by atoms with Crippen LogP contribution in [-0.4, -0.2) is 38.6 Å². The molecule has 1 fully saturated rings. The lowest BCUT2D eigenvalue weighted by atomic mass is 10.0. The van der Waals surface area contributed by atoms with E-state index in [0.29, 0.717) is 28.2 Å². The zero-order valence-corrected chi connectivity index (χ0v) is 15.9. The minimum Gasteiger partial charge on any atom is -0.396 e. The Kier molecular flexibility index (Phi) is 4.60. The van der Waals surface area contributed by atoms with Crippen molar-refractivity contribution >= 4 is 44.0 Å². The third kappa shape index (κ3) is 3.17. The molecule has 0 radical (unpaired) electrons. The monoisotopic (exact) mass is 389 g/mol. The number of nitrogens with zero attached hydrogens (tertiary/aromatic N) is 3. The molecule has 7 nitrogen and oxygen atoms in total. The number of fused-ring (bicyclic) bond motifs is 1. The van der Waals surface area contributed by atoms with E-state index in [-0.39, 0.29) is 5.95 Å². The summed E-state index contributed by atoms with van der Waals surface area (Å²) in [6.45, 7) is 0.428. The van der Waals surface area contributed by atoms with Gasteiger partial charge in [0.25, 0.3) is 0 Å². The zero-order chi connectivity index (χ0) is 18.3. The number of pyridine rings is 1. The molecule has 3 aromatic rings. The molecule has 0 aliphatic heterocycles. The molecule has 136 valence electrons. The van der Waals surface area contributed by atoms with E-state index in [1.807, 2.05) is 0 Å². The fraction of sp³-hybridized carbons (Fsp3) is 0.353. The Bertz CT molecular complexity index is 983. The molecule has 0 amide bonds. The van der Waals surface area contributed by atoms with Crippen LogP contribution in [0.25, 0.3) is 21.5 Å². The number of anilines is 2. The number of rotatable bonds is 6. The molecule has 1 aliphatic rings. The molecular weight excluding hydrogens is 370 g/mol. The third-order valence-electron chi connectivity index (χ3n) is 4.36. The lowest BCUT2D eigenvalue weighted by Crippen LogP contribution is -2.04. The van der Waals surface area contributed by atoms with Gasteiger partial charge in [-0.1, -0.05) is 0 Å². The number of methoxy groups -OCH3 is 1. The molecule has 4 rings (SSSR count). The number of nitrogen functional groups attached to an aromatic ring is 2. The summed E-state index contributed by atoms with van der Waals surface area (Å²) in [4.78, 5) is 13.7. The minimum atomic E-state index is -1.20. The number of hydrogen-bond acceptors (Lipinski definition) is 8. The van der Waals surface area contributed by atoms with Gasteiger partial charge in [0.05, 0.1) is 34.5 Å². The van der Waals surface area contributed by atoms with Crippen LogP contribution in [0.4, 0.5) is 11.6 Å². The van der Waals surface area contributed by atoms with Crippen molar-refractivity contribution in [3.05, 3.63) is 24.0 Å². The molecule has 3 heterocycles. The summed E-state index contributed by atoms with van der Waals surface area (Å²) in [5, 5.41) is 0.943. The fourth-order valence-electron chi connectivity index (χ4n) is 2.89. The summed E-state index contributed by atoms with van der Waals surface area (Å²) in [6.07, 6.45) is 5.60. The summed E-state index contributed by atoms with van der Waals surface area (Å²) in [5.74, 6) is 1.13. The van der Waals surface area contributed by atoms with Crippen LogP contribution in [0.5, 0.6) is 0 Å². The molecule has 1 aliphatic carbocycles. The van der Waals surface area contributed by atoms with E-state index in [1.54, 1.807) is 19.5 Å². The molecule has 3 aromatic heterocycles. The third-order valence-corrected chi connectivity index (χ3v) is 7.23. The Labute approximate surface area is 157 Å². The van der Waals surface area contributed by atoms with Crippen LogP contribution in [0, 0.1) is 0 Å². The van der Waals surface area contributed by atoms with E-state index in [4.69, 9.17) is 21.2 Å². The summed E-state index contributed by atoms with van der Waals surface area (Å²) in [7, 11) is 0.401. The second-order valence-corrected chi connectivity index (χ2v) is 8.99. The van der Waals surface area contributed by atoms with Crippen LogP contribution in [0.15, 0.2) is 22.7 Å². The maximum absolute atomic E-state index is 12.6. The molecule has 1 atom stereocenters. The van der Waals surface area contributed by atoms with Gasteiger partial charge in [0.1, 0.15) is 9.04 Å². The van der Waals surface area contributed by atoms with Gasteiger partial charge in [-0.15, -0.1) is 11.3 Å². The maximum atomic E-state index is 12.6.